The van der Waals surface area contributed by atoms with Gasteiger partial charge < -0.3 is 15.0 Å². The Morgan fingerprint density at radius 1 is 1.32 bits per heavy atom. The zero-order chi connectivity index (χ0) is 20.1. The highest BCUT2D eigenvalue weighted by Crippen LogP contribution is 2.35. The minimum Gasteiger partial charge on any atom is -0.383 e. The van der Waals surface area contributed by atoms with Crippen molar-refractivity contribution in [1.82, 2.24) is 4.90 Å². The molecule has 0 saturated carbocycles. The number of carbonyl (C=O) groups is 1. The third-order valence-electron chi connectivity index (χ3n) is 5.12. The number of nitro groups is 1. The average molecular weight is 383 g/mol. The van der Waals surface area contributed by atoms with Gasteiger partial charge in [0.25, 0.3) is 11.6 Å². The smallest absolute Gasteiger partial charge is 0.293 e. The first kappa shape index (κ1) is 19.8. The maximum atomic E-state index is 13.2. The number of rotatable bonds is 7. The van der Waals surface area contributed by atoms with Crippen molar-refractivity contribution in [2.45, 2.75) is 25.8 Å². The Labute approximate surface area is 164 Å². The maximum absolute atomic E-state index is 13.2. The number of aryl methyl sites for hydroxylation is 1. The molecule has 1 unspecified atom stereocenters. The van der Waals surface area contributed by atoms with Gasteiger partial charge >= 0.3 is 0 Å². The van der Waals surface area contributed by atoms with Gasteiger partial charge in [-0.2, -0.15) is 0 Å². The van der Waals surface area contributed by atoms with E-state index in [0.29, 0.717) is 30.9 Å². The van der Waals surface area contributed by atoms with E-state index in [0.717, 1.165) is 24.0 Å². The first-order valence-electron chi connectivity index (χ1n) is 9.40. The molecule has 1 heterocycles. The fourth-order valence-corrected chi connectivity index (χ4v) is 3.71. The van der Waals surface area contributed by atoms with E-state index in [4.69, 9.17) is 4.74 Å². The van der Waals surface area contributed by atoms with Crippen LogP contribution in [-0.2, 0) is 4.74 Å². The van der Waals surface area contributed by atoms with Crippen LogP contribution in [0.4, 0.5) is 11.4 Å². The van der Waals surface area contributed by atoms with Gasteiger partial charge in [0.05, 0.1) is 17.6 Å². The van der Waals surface area contributed by atoms with Crippen molar-refractivity contribution in [3.8, 4) is 0 Å². The number of anilines is 1. The van der Waals surface area contributed by atoms with Gasteiger partial charge in [-0.25, -0.2) is 0 Å². The average Bonchev–Trinajstić information content (AvgIpc) is 3.17. The second-order valence-electron chi connectivity index (χ2n) is 6.92. The number of ether oxygens (including phenoxy) is 1. The van der Waals surface area contributed by atoms with Crippen molar-refractivity contribution in [1.29, 1.82) is 0 Å². The van der Waals surface area contributed by atoms with Crippen LogP contribution in [0.5, 0.6) is 0 Å². The summed E-state index contributed by atoms with van der Waals surface area (Å²) >= 11 is 0. The van der Waals surface area contributed by atoms with Crippen LogP contribution in [-0.4, -0.2) is 42.5 Å². The lowest BCUT2D eigenvalue weighted by atomic mass is 9.99. The Kier molecular flexibility index (Phi) is 6.26. The summed E-state index contributed by atoms with van der Waals surface area (Å²) in [6, 6.07) is 12.7. The highest BCUT2D eigenvalue weighted by Gasteiger charge is 2.32. The number of hydrogen-bond donors (Lipinski definition) is 1. The van der Waals surface area contributed by atoms with Crippen molar-refractivity contribution in [3.63, 3.8) is 0 Å². The quantitative estimate of drug-likeness (QED) is 0.445. The second kappa shape index (κ2) is 8.84. The first-order valence-corrected chi connectivity index (χ1v) is 9.40. The molecule has 7 heteroatoms. The molecule has 1 aliphatic heterocycles. The number of nitro benzene ring substituents is 1. The van der Waals surface area contributed by atoms with Gasteiger partial charge in [-0.05, 0) is 43.0 Å². The number of methoxy groups -OCH3 is 1. The summed E-state index contributed by atoms with van der Waals surface area (Å²) in [4.78, 5) is 26.0. The standard InChI is InChI=1S/C21H25N3O4/c1-15-6-3-4-7-17(15)19-8-5-12-23(19)21(25)16-9-10-18(22-11-13-28-2)20(14-16)24(26)27/h3-4,6-7,9-10,14,19,22H,5,8,11-13H2,1-2H3. The van der Waals surface area contributed by atoms with Crippen LogP contribution in [0.15, 0.2) is 42.5 Å². The molecule has 0 bridgehead atoms. The Hall–Kier alpha value is -2.93. The zero-order valence-corrected chi connectivity index (χ0v) is 16.2. The SMILES string of the molecule is COCCNc1ccc(C(=O)N2CCCC2c2ccccc2C)cc1[N+](=O)[O-]. The third kappa shape index (κ3) is 4.14. The Bertz CT molecular complexity index is 868. The van der Waals surface area contributed by atoms with E-state index in [2.05, 4.69) is 11.4 Å². The highest BCUT2D eigenvalue weighted by atomic mass is 16.6. The van der Waals surface area contributed by atoms with E-state index < -0.39 is 4.92 Å². The van der Waals surface area contributed by atoms with Crippen molar-refractivity contribution < 1.29 is 14.5 Å². The van der Waals surface area contributed by atoms with Crippen LogP contribution >= 0.6 is 0 Å². The lowest BCUT2D eigenvalue weighted by Gasteiger charge is -2.26. The normalized spacial score (nSPS) is 16.2. The molecular weight excluding hydrogens is 358 g/mol. The zero-order valence-electron chi connectivity index (χ0n) is 16.2. The molecule has 1 saturated heterocycles. The van der Waals surface area contributed by atoms with Gasteiger partial charge in [-0.3, -0.25) is 14.9 Å². The van der Waals surface area contributed by atoms with Crippen LogP contribution in [0.1, 0.15) is 40.4 Å². The van der Waals surface area contributed by atoms with E-state index in [1.165, 1.54) is 6.07 Å². The number of likely N-dealkylation sites (tertiary alicyclic amines) is 1. The molecule has 1 aliphatic rings. The molecule has 0 radical (unpaired) electrons. The molecular formula is C21H25N3O4. The van der Waals surface area contributed by atoms with Gasteiger partial charge in [0.15, 0.2) is 0 Å². The molecule has 148 valence electrons. The summed E-state index contributed by atoms with van der Waals surface area (Å²) < 4.78 is 4.96. The number of carbonyl (C=O) groups excluding carboxylic acids is 1. The van der Waals surface area contributed by atoms with Crippen LogP contribution in [0.3, 0.4) is 0 Å². The van der Waals surface area contributed by atoms with Crippen LogP contribution < -0.4 is 5.32 Å². The topological polar surface area (TPSA) is 84.7 Å². The van der Waals surface area contributed by atoms with Gasteiger partial charge in [0.1, 0.15) is 5.69 Å². The fourth-order valence-electron chi connectivity index (χ4n) is 3.71. The number of nitrogens with zero attached hydrogens (tertiary/aromatic N) is 2. The molecule has 1 amide bonds. The Morgan fingerprint density at radius 3 is 2.82 bits per heavy atom. The van der Waals surface area contributed by atoms with Crippen LogP contribution in [0.2, 0.25) is 0 Å². The van der Waals surface area contributed by atoms with Crippen molar-refractivity contribution >= 4 is 17.3 Å². The van der Waals surface area contributed by atoms with E-state index in [1.807, 2.05) is 30.0 Å². The van der Waals surface area contributed by atoms with E-state index in [9.17, 15) is 14.9 Å². The number of hydrogen-bond acceptors (Lipinski definition) is 5. The molecule has 3 rings (SSSR count). The van der Waals surface area contributed by atoms with Gasteiger partial charge in [-0.15, -0.1) is 0 Å². The summed E-state index contributed by atoms with van der Waals surface area (Å²) in [5.74, 6) is -0.169. The number of benzene rings is 2. The Balaban J connectivity index is 1.86. The predicted molar refractivity (Wildman–Crippen MR) is 108 cm³/mol. The first-order chi connectivity index (χ1) is 13.5. The molecule has 2 aromatic carbocycles. The fraction of sp³-hybridized carbons (Fsp3) is 0.381. The molecule has 0 aromatic heterocycles. The summed E-state index contributed by atoms with van der Waals surface area (Å²) in [6.07, 6.45) is 1.82. The summed E-state index contributed by atoms with van der Waals surface area (Å²) in [7, 11) is 1.57. The molecule has 0 spiro atoms. The maximum Gasteiger partial charge on any atom is 0.293 e. The number of amides is 1. The van der Waals surface area contributed by atoms with Gasteiger partial charge in [0, 0.05) is 31.8 Å². The molecule has 1 fully saturated rings. The van der Waals surface area contributed by atoms with E-state index in [-0.39, 0.29) is 17.6 Å². The van der Waals surface area contributed by atoms with E-state index >= 15 is 0 Å². The summed E-state index contributed by atoms with van der Waals surface area (Å²) in [5, 5.41) is 14.5. The van der Waals surface area contributed by atoms with Gasteiger partial charge in [0.2, 0.25) is 0 Å². The summed E-state index contributed by atoms with van der Waals surface area (Å²) in [5.41, 5.74) is 2.91. The second-order valence-corrected chi connectivity index (χ2v) is 6.92. The molecule has 28 heavy (non-hydrogen) atoms. The highest BCUT2D eigenvalue weighted by molar-refractivity contribution is 5.96. The lowest BCUT2D eigenvalue weighted by molar-refractivity contribution is -0.384. The largest absolute Gasteiger partial charge is 0.383 e. The lowest BCUT2D eigenvalue weighted by Crippen LogP contribution is -2.31. The van der Waals surface area contributed by atoms with Crippen LogP contribution in [0, 0.1) is 17.0 Å². The molecule has 2 aromatic rings. The molecule has 1 atom stereocenters. The van der Waals surface area contributed by atoms with Crippen molar-refractivity contribution in [2.75, 3.05) is 32.1 Å². The van der Waals surface area contributed by atoms with Crippen molar-refractivity contribution in [2.24, 2.45) is 0 Å². The minimum absolute atomic E-state index is 0.00672. The van der Waals surface area contributed by atoms with E-state index in [1.54, 1.807) is 19.2 Å². The molecule has 1 N–H and O–H groups in total. The van der Waals surface area contributed by atoms with Crippen LogP contribution in [0.25, 0.3) is 0 Å². The minimum atomic E-state index is -0.464. The third-order valence-corrected chi connectivity index (χ3v) is 5.12. The van der Waals surface area contributed by atoms with Crippen molar-refractivity contribution in [3.05, 3.63) is 69.3 Å². The predicted octanol–water partition coefficient (Wildman–Crippen LogP) is 3.94. The Morgan fingerprint density at radius 2 is 2.11 bits per heavy atom. The summed E-state index contributed by atoms with van der Waals surface area (Å²) in [6.45, 7) is 3.58. The molecule has 7 nitrogen and oxygen atoms in total. The number of nitrogens with one attached hydrogen (secondary N) is 1. The monoisotopic (exact) mass is 383 g/mol. The van der Waals surface area contributed by atoms with Gasteiger partial charge in [-0.1, -0.05) is 24.3 Å². The molecule has 0 aliphatic carbocycles.